The van der Waals surface area contributed by atoms with Crippen LogP contribution in [0.25, 0.3) is 32.3 Å². The van der Waals surface area contributed by atoms with Crippen LogP contribution in [-0.4, -0.2) is 0 Å². The van der Waals surface area contributed by atoms with Crippen LogP contribution < -0.4 is 10.9 Å². The van der Waals surface area contributed by atoms with Gasteiger partial charge in [0.25, 0.3) is 0 Å². The van der Waals surface area contributed by atoms with Crippen molar-refractivity contribution in [1.29, 1.82) is 0 Å². The summed E-state index contributed by atoms with van der Waals surface area (Å²) in [6.45, 7) is 0. The fourth-order valence-electron chi connectivity index (χ4n) is 3.46. The van der Waals surface area contributed by atoms with Gasteiger partial charge in [-0.3, -0.25) is 9.59 Å². The molecule has 1 aromatic heterocycles. The molecule has 0 saturated carbocycles. The summed E-state index contributed by atoms with van der Waals surface area (Å²) in [5.74, 6) is 0. The van der Waals surface area contributed by atoms with Gasteiger partial charge in [0.05, 0.1) is 9.40 Å². The van der Waals surface area contributed by atoms with E-state index >= 15 is 0 Å². The molecule has 0 aliphatic heterocycles. The maximum absolute atomic E-state index is 12.4. The van der Waals surface area contributed by atoms with Crippen molar-refractivity contribution < 1.29 is 0 Å². The molecule has 2 aliphatic rings. The molecule has 0 saturated heterocycles. The van der Waals surface area contributed by atoms with Gasteiger partial charge in [0.1, 0.15) is 0 Å². The van der Waals surface area contributed by atoms with Crippen molar-refractivity contribution in [3.63, 3.8) is 0 Å². The third-order valence-corrected chi connectivity index (χ3v) is 5.46. The quantitative estimate of drug-likeness (QED) is 0.625. The van der Waals surface area contributed by atoms with Gasteiger partial charge in [-0.15, -0.1) is 11.3 Å². The van der Waals surface area contributed by atoms with Crippen molar-refractivity contribution in [1.82, 2.24) is 0 Å². The van der Waals surface area contributed by atoms with Crippen molar-refractivity contribution in [3.8, 4) is 0 Å². The third-order valence-electron chi connectivity index (χ3n) is 4.27. The van der Waals surface area contributed by atoms with Gasteiger partial charge in [0.2, 0.25) is 10.9 Å². The maximum Gasteiger partial charge on any atom is 0.203 e. The summed E-state index contributed by atoms with van der Waals surface area (Å²) in [6, 6.07) is 0. The molecule has 2 aromatic carbocycles. The SMILES string of the molecule is O=c1c2c(c3c1sc1c(=O)c4c(c13)CC=C4)C=CC2. The van der Waals surface area contributed by atoms with E-state index in [-0.39, 0.29) is 10.9 Å². The molecule has 1 heterocycles. The first-order chi connectivity index (χ1) is 9.27. The smallest absolute Gasteiger partial charge is 0.203 e. The fraction of sp³-hybridized carbons (Fsp3) is 0.125. The van der Waals surface area contributed by atoms with Crippen LogP contribution in [0, 0.1) is 0 Å². The maximum atomic E-state index is 12.4. The minimum Gasteiger partial charge on any atom is -0.288 e. The molecule has 0 amide bonds. The number of fused-ring (bicyclic) bond motifs is 7. The number of rotatable bonds is 0. The molecule has 0 unspecified atom stereocenters. The van der Waals surface area contributed by atoms with E-state index in [4.69, 9.17) is 0 Å². The van der Waals surface area contributed by atoms with Gasteiger partial charge in [-0.05, 0) is 24.0 Å². The van der Waals surface area contributed by atoms with Gasteiger partial charge >= 0.3 is 0 Å². The summed E-state index contributed by atoms with van der Waals surface area (Å²) < 4.78 is 1.56. The highest BCUT2D eigenvalue weighted by Gasteiger charge is 2.27. The minimum atomic E-state index is 0.107. The van der Waals surface area contributed by atoms with Gasteiger partial charge in [-0.2, -0.15) is 0 Å². The molecular formula is C16H8O2S. The zero-order chi connectivity index (χ0) is 12.7. The zero-order valence-electron chi connectivity index (χ0n) is 9.95. The second-order valence-electron chi connectivity index (χ2n) is 5.17. The summed E-state index contributed by atoms with van der Waals surface area (Å²) in [5, 5.41) is 2.09. The standard InChI is InChI=1S/C16H8O2S/c17-13-9-5-1-3-7(9)11-12-8-4-2-6-10(8)14(18)16(12)19-15(11)13/h1-3,6H,4-5H2. The van der Waals surface area contributed by atoms with Crippen LogP contribution in [0.4, 0.5) is 0 Å². The molecular weight excluding hydrogens is 256 g/mol. The van der Waals surface area contributed by atoms with Crippen LogP contribution in [0.2, 0.25) is 0 Å². The Bertz CT molecular complexity index is 1040. The van der Waals surface area contributed by atoms with Crippen molar-refractivity contribution >= 4 is 43.7 Å². The average Bonchev–Trinajstić information content (AvgIpc) is 3.13. The minimum absolute atomic E-state index is 0.107. The highest BCUT2D eigenvalue weighted by molar-refractivity contribution is 7.26. The third kappa shape index (κ3) is 0.932. The second kappa shape index (κ2) is 2.94. The number of hydrogen-bond acceptors (Lipinski definition) is 3. The van der Waals surface area contributed by atoms with Crippen LogP contribution in [-0.2, 0) is 12.8 Å². The first kappa shape index (κ1) is 9.87. The topological polar surface area (TPSA) is 34.1 Å². The first-order valence-electron chi connectivity index (χ1n) is 6.33. The van der Waals surface area contributed by atoms with Crippen molar-refractivity contribution in [2.75, 3.05) is 0 Å². The molecule has 19 heavy (non-hydrogen) atoms. The molecule has 3 heteroatoms. The summed E-state index contributed by atoms with van der Waals surface area (Å²) in [5.41, 5.74) is 4.18. The Morgan fingerprint density at radius 2 is 1.47 bits per heavy atom. The van der Waals surface area contributed by atoms with E-state index < -0.39 is 0 Å². The van der Waals surface area contributed by atoms with Crippen molar-refractivity contribution in [2.45, 2.75) is 12.8 Å². The van der Waals surface area contributed by atoms with Crippen LogP contribution >= 0.6 is 11.3 Å². The lowest BCUT2D eigenvalue weighted by atomic mass is 10.1. The normalized spacial score (nSPS) is 16.0. The molecule has 0 N–H and O–H groups in total. The van der Waals surface area contributed by atoms with Gasteiger partial charge in [-0.25, -0.2) is 0 Å². The molecule has 0 atom stereocenters. The van der Waals surface area contributed by atoms with Crippen molar-refractivity contribution in [2.24, 2.45) is 0 Å². The Hall–Kier alpha value is -2.00. The van der Waals surface area contributed by atoms with E-state index in [2.05, 4.69) is 0 Å². The molecule has 0 bridgehead atoms. The van der Waals surface area contributed by atoms with Gasteiger partial charge in [0.15, 0.2) is 0 Å². The Balaban J connectivity index is 2.15. The molecule has 0 spiro atoms. The lowest BCUT2D eigenvalue weighted by Gasteiger charge is -1.92. The Labute approximate surface area is 112 Å². The molecule has 90 valence electrons. The molecule has 0 radical (unpaired) electrons. The van der Waals surface area contributed by atoms with E-state index in [1.807, 2.05) is 24.3 Å². The lowest BCUT2D eigenvalue weighted by molar-refractivity contribution is 1.31. The highest BCUT2D eigenvalue weighted by atomic mass is 32.1. The molecule has 3 aromatic rings. The summed E-state index contributed by atoms with van der Waals surface area (Å²) in [7, 11) is 0. The van der Waals surface area contributed by atoms with E-state index in [9.17, 15) is 9.59 Å². The van der Waals surface area contributed by atoms with Gasteiger partial charge < -0.3 is 0 Å². The monoisotopic (exact) mass is 264 g/mol. The predicted molar refractivity (Wildman–Crippen MR) is 79.7 cm³/mol. The number of thiophene rings is 1. The second-order valence-corrected chi connectivity index (χ2v) is 6.19. The van der Waals surface area contributed by atoms with Crippen LogP contribution in [0.5, 0.6) is 0 Å². The molecule has 5 rings (SSSR count). The largest absolute Gasteiger partial charge is 0.288 e. The van der Waals surface area contributed by atoms with Crippen LogP contribution in [0.3, 0.4) is 0 Å². The van der Waals surface area contributed by atoms with Crippen LogP contribution in [0.15, 0.2) is 21.7 Å². The van der Waals surface area contributed by atoms with Gasteiger partial charge in [0, 0.05) is 21.9 Å². The number of hydrogen-bond donors (Lipinski definition) is 0. The molecule has 2 aliphatic carbocycles. The Kier molecular flexibility index (Phi) is 1.53. The van der Waals surface area contributed by atoms with Gasteiger partial charge in [-0.1, -0.05) is 24.3 Å². The van der Waals surface area contributed by atoms with E-state index in [0.29, 0.717) is 0 Å². The lowest BCUT2D eigenvalue weighted by Crippen LogP contribution is -2.00. The van der Waals surface area contributed by atoms with Crippen LogP contribution in [0.1, 0.15) is 22.3 Å². The number of allylic oxidation sites excluding steroid dienone is 2. The first-order valence-corrected chi connectivity index (χ1v) is 7.15. The molecule has 2 nitrogen and oxygen atoms in total. The van der Waals surface area contributed by atoms with E-state index in [1.54, 1.807) is 0 Å². The molecule has 0 fully saturated rings. The Morgan fingerprint density at radius 1 is 0.789 bits per heavy atom. The summed E-state index contributed by atoms with van der Waals surface area (Å²) >= 11 is 1.39. The fourth-order valence-corrected chi connectivity index (χ4v) is 4.73. The average molecular weight is 264 g/mol. The van der Waals surface area contributed by atoms with E-state index in [1.165, 1.54) is 11.3 Å². The highest BCUT2D eigenvalue weighted by Crippen LogP contribution is 2.42. The summed E-state index contributed by atoms with van der Waals surface area (Å²) in [4.78, 5) is 24.7. The predicted octanol–water partition coefficient (Wildman–Crippen LogP) is 2.79. The zero-order valence-corrected chi connectivity index (χ0v) is 10.8. The van der Waals surface area contributed by atoms with E-state index in [0.717, 1.165) is 55.3 Å². The summed E-state index contributed by atoms with van der Waals surface area (Å²) in [6.07, 6.45) is 9.59. The van der Waals surface area contributed by atoms with Crippen molar-refractivity contribution in [3.05, 3.63) is 54.9 Å². The Morgan fingerprint density at radius 3 is 2.32 bits per heavy atom.